The van der Waals surface area contributed by atoms with E-state index < -0.39 is 0 Å². The molecule has 0 atom stereocenters. The van der Waals surface area contributed by atoms with Crippen molar-refractivity contribution in [1.82, 2.24) is 4.57 Å². The molecule has 0 radical (unpaired) electrons. The van der Waals surface area contributed by atoms with Crippen molar-refractivity contribution in [3.63, 3.8) is 0 Å². The van der Waals surface area contributed by atoms with Crippen molar-refractivity contribution < 1.29 is 63.4 Å². The maximum Gasteiger partial charge on any atom is 4.00 e. The van der Waals surface area contributed by atoms with Gasteiger partial charge in [-0.3, -0.25) is 0 Å². The average Bonchev–Trinajstić information content (AvgIpc) is 2.87. The van der Waals surface area contributed by atoms with Crippen LogP contribution in [0.4, 0.5) is 0 Å². The van der Waals surface area contributed by atoms with Gasteiger partial charge in [0.1, 0.15) is 0 Å². The molecule has 1 heterocycles. The van der Waals surface area contributed by atoms with Crippen LogP contribution in [0.15, 0.2) is 53.0 Å². The van der Waals surface area contributed by atoms with Crippen LogP contribution in [-0.4, -0.2) is 4.57 Å². The zero-order chi connectivity index (χ0) is 12.3. The van der Waals surface area contributed by atoms with Crippen LogP contribution in [-0.2, 0) is 33.3 Å². The van der Waals surface area contributed by atoms with E-state index >= 15 is 0 Å². The molecule has 4 rings (SSSR count). The van der Waals surface area contributed by atoms with E-state index in [9.17, 15) is 0 Å². The van der Waals surface area contributed by atoms with E-state index in [-0.39, 0.29) is 63.4 Å². The molecule has 6 heteroatoms. The smallest absolute Gasteiger partial charge is 1.00 e. The van der Waals surface area contributed by atoms with Crippen molar-refractivity contribution in [3.05, 3.63) is 53.0 Å². The molecular formula is C16H11BrCl3NZr. The molecule has 0 saturated carbocycles. The Morgan fingerprint density at radius 3 is 2.45 bits per heavy atom. The molecule has 3 aromatic carbocycles. The number of halogens is 4. The molecule has 0 N–H and O–H groups in total. The summed E-state index contributed by atoms with van der Waals surface area (Å²) < 4.78 is 3.41. The summed E-state index contributed by atoms with van der Waals surface area (Å²) in [6.45, 7) is 0. The first-order valence-electron chi connectivity index (χ1n) is 5.98. The largest absolute Gasteiger partial charge is 4.00 e. The van der Waals surface area contributed by atoms with E-state index in [2.05, 4.69) is 76.1 Å². The number of aromatic nitrogens is 1. The molecule has 0 saturated heterocycles. The first-order valence-corrected chi connectivity index (χ1v) is 6.77. The van der Waals surface area contributed by atoms with Gasteiger partial charge in [-0.25, -0.2) is 0 Å². The molecule has 22 heavy (non-hydrogen) atoms. The number of para-hydroxylation sites is 1. The number of nitrogens with zero attached hydrogens (tertiary/aromatic N) is 1. The predicted octanol–water partition coefficient (Wildman–Crippen LogP) is -4.02. The van der Waals surface area contributed by atoms with Crippen LogP contribution < -0.4 is 37.2 Å². The summed E-state index contributed by atoms with van der Waals surface area (Å²) in [5.74, 6) is 0. The third-order valence-electron chi connectivity index (χ3n) is 3.73. The second-order valence-electron chi connectivity index (χ2n) is 4.71. The Kier molecular flexibility index (Phi) is 8.29. The van der Waals surface area contributed by atoms with E-state index in [0.29, 0.717) is 0 Å². The Hall–Kier alpha value is 0.0831. The van der Waals surface area contributed by atoms with Crippen LogP contribution in [0.2, 0.25) is 0 Å². The summed E-state index contributed by atoms with van der Waals surface area (Å²) in [7, 11) is 2.14. The van der Waals surface area contributed by atoms with E-state index in [4.69, 9.17) is 0 Å². The fourth-order valence-corrected chi connectivity index (χ4v) is 3.27. The van der Waals surface area contributed by atoms with E-state index in [1.165, 1.54) is 32.6 Å². The Balaban J connectivity index is 0.00000110. The topological polar surface area (TPSA) is 4.93 Å². The molecule has 0 amide bonds. The van der Waals surface area contributed by atoms with Crippen LogP contribution in [0.25, 0.3) is 32.6 Å². The zero-order valence-corrected chi connectivity index (χ0v) is 17.9. The first kappa shape index (κ1) is 22.1. The van der Waals surface area contributed by atoms with Crippen LogP contribution in [0.5, 0.6) is 0 Å². The minimum absolute atomic E-state index is 0. The Bertz CT molecular complexity index is 914. The zero-order valence-electron chi connectivity index (χ0n) is 11.6. The third-order valence-corrected chi connectivity index (χ3v) is 4.22. The van der Waals surface area contributed by atoms with Crippen LogP contribution in [0.1, 0.15) is 0 Å². The second-order valence-corrected chi connectivity index (χ2v) is 5.63. The molecular weight excluding hydrogens is 484 g/mol. The van der Waals surface area contributed by atoms with Gasteiger partial charge in [0.25, 0.3) is 0 Å². The molecule has 0 aliphatic heterocycles. The van der Waals surface area contributed by atoms with Crippen LogP contribution in [0, 0.1) is 0 Å². The maximum atomic E-state index is 3.54. The minimum atomic E-state index is 0. The molecule has 0 fully saturated rings. The maximum absolute atomic E-state index is 3.54. The van der Waals surface area contributed by atoms with Gasteiger partial charge in [0, 0.05) is 11.5 Å². The predicted molar refractivity (Wildman–Crippen MR) is 81.2 cm³/mol. The van der Waals surface area contributed by atoms with Crippen molar-refractivity contribution in [2.45, 2.75) is 0 Å². The Morgan fingerprint density at radius 1 is 1.00 bits per heavy atom. The van der Waals surface area contributed by atoms with Crippen molar-refractivity contribution in [2.75, 3.05) is 0 Å². The summed E-state index contributed by atoms with van der Waals surface area (Å²) in [4.78, 5) is 0. The standard InChI is InChI=1S/C16H11BrN.3ClH.Zr/c1-18-14-5-3-2-4-13(14)16-12-7-6-11(17)8-10(12)9-15(16)18;;;;/h2-9H,1H3;3*1H;/q-1;;;;+4/p-3. The van der Waals surface area contributed by atoms with Gasteiger partial charge < -0.3 is 41.8 Å². The molecule has 112 valence electrons. The van der Waals surface area contributed by atoms with Gasteiger partial charge >= 0.3 is 26.2 Å². The van der Waals surface area contributed by atoms with Crippen molar-refractivity contribution in [3.8, 4) is 0 Å². The van der Waals surface area contributed by atoms with Gasteiger partial charge in [-0.05, 0) is 34.6 Å². The quantitative estimate of drug-likeness (QED) is 0.220. The number of fused-ring (bicyclic) bond motifs is 5. The van der Waals surface area contributed by atoms with Crippen molar-refractivity contribution >= 4 is 48.5 Å². The normalized spacial score (nSPS) is 9.73. The Labute approximate surface area is 175 Å². The van der Waals surface area contributed by atoms with E-state index in [1.807, 2.05) is 0 Å². The van der Waals surface area contributed by atoms with E-state index in [1.54, 1.807) is 0 Å². The van der Waals surface area contributed by atoms with Crippen LogP contribution in [0.3, 0.4) is 0 Å². The molecule has 0 aliphatic rings. The number of aryl methyl sites for hydroxylation is 1. The number of hydrogen-bond acceptors (Lipinski definition) is 0. The molecule has 0 spiro atoms. The summed E-state index contributed by atoms with van der Waals surface area (Å²) in [5.41, 5.74) is 2.61. The third kappa shape index (κ3) is 3.16. The minimum Gasteiger partial charge on any atom is -1.00 e. The summed E-state index contributed by atoms with van der Waals surface area (Å²) in [6, 6.07) is 17.4. The van der Waals surface area contributed by atoms with Crippen LogP contribution >= 0.6 is 15.9 Å². The Morgan fingerprint density at radius 2 is 1.73 bits per heavy atom. The summed E-state index contributed by atoms with van der Waals surface area (Å²) in [6.07, 6.45) is 0. The monoisotopic (exact) mass is 491 g/mol. The molecule has 4 aromatic rings. The van der Waals surface area contributed by atoms with Gasteiger partial charge in [0.15, 0.2) is 0 Å². The first-order chi connectivity index (χ1) is 8.75. The van der Waals surface area contributed by atoms with Gasteiger partial charge in [-0.1, -0.05) is 32.8 Å². The second kappa shape index (κ2) is 8.26. The van der Waals surface area contributed by atoms with Gasteiger partial charge in [-0.2, -0.15) is 0 Å². The van der Waals surface area contributed by atoms with Gasteiger partial charge in [-0.15, -0.1) is 29.7 Å². The van der Waals surface area contributed by atoms with E-state index in [0.717, 1.165) is 4.47 Å². The number of benzene rings is 2. The van der Waals surface area contributed by atoms with Crippen molar-refractivity contribution in [1.29, 1.82) is 0 Å². The average molecular weight is 495 g/mol. The van der Waals surface area contributed by atoms with Crippen molar-refractivity contribution in [2.24, 2.45) is 7.05 Å². The molecule has 0 aliphatic carbocycles. The van der Waals surface area contributed by atoms with Gasteiger partial charge in [0.2, 0.25) is 0 Å². The molecule has 1 aromatic heterocycles. The number of hydrogen-bond donors (Lipinski definition) is 0. The number of rotatable bonds is 0. The van der Waals surface area contributed by atoms with Gasteiger partial charge in [0.05, 0.1) is 0 Å². The summed E-state index contributed by atoms with van der Waals surface area (Å²) >= 11 is 3.54. The molecule has 0 bridgehead atoms. The molecule has 0 unspecified atom stereocenters. The summed E-state index contributed by atoms with van der Waals surface area (Å²) in [5, 5.41) is 5.35. The fourth-order valence-electron chi connectivity index (χ4n) is 2.89. The fraction of sp³-hybridized carbons (Fsp3) is 0.0625. The SMILES string of the molecule is Cn1c2ccc[cH-]c2c2c3ccc(Br)cc3cc21.[Cl-].[Cl-].[Cl-].[Zr+4]. The molecule has 1 nitrogen and oxygen atoms in total.